The number of aryl methyl sites for hydroxylation is 1. The number of hydrogen-bond donors (Lipinski definition) is 1. The Morgan fingerprint density at radius 2 is 0.875 bits per heavy atom. The molecule has 0 saturated heterocycles. The quantitative estimate of drug-likeness (QED) is 0.187. The van der Waals surface area contributed by atoms with E-state index in [9.17, 15) is 5.11 Å². The van der Waals surface area contributed by atoms with Crippen LogP contribution < -0.4 is 0 Å². The maximum Gasteiger partial charge on any atom is 0.119 e. The highest BCUT2D eigenvalue weighted by Gasteiger charge is 2.15. The fraction of sp³-hybridized carbons (Fsp3) is 0.806. The summed E-state index contributed by atoms with van der Waals surface area (Å²) in [4.78, 5) is 0. The molecule has 0 aliphatic rings. The van der Waals surface area contributed by atoms with Crippen molar-refractivity contribution in [2.45, 2.75) is 163 Å². The highest BCUT2D eigenvalue weighted by molar-refractivity contribution is 5.49. The summed E-state index contributed by atoms with van der Waals surface area (Å²) in [5.74, 6) is 0.540. The highest BCUT2D eigenvalue weighted by Crippen LogP contribution is 2.32. The molecular weight excluding hydrogens is 388 g/mol. The van der Waals surface area contributed by atoms with Crippen LogP contribution in [0.15, 0.2) is 6.07 Å². The standard InChI is InChI=1S/C31H56O/c1-5-8-11-14-17-20-23-28-26-31(32)27(4)29(24-21-18-15-12-9-6-2)30(28)25-22-19-16-13-10-7-3/h26,32H,5-25H2,1-4H3. The first kappa shape index (κ1) is 29.1. The van der Waals surface area contributed by atoms with Gasteiger partial charge in [-0.2, -0.15) is 0 Å². The van der Waals surface area contributed by atoms with Crippen LogP contribution in [0, 0.1) is 6.92 Å². The molecule has 0 atom stereocenters. The van der Waals surface area contributed by atoms with Crippen LogP contribution in [0.25, 0.3) is 0 Å². The Hall–Kier alpha value is -0.980. The third kappa shape index (κ3) is 12.3. The van der Waals surface area contributed by atoms with Crippen molar-refractivity contribution >= 4 is 0 Å². The summed E-state index contributed by atoms with van der Waals surface area (Å²) in [5, 5.41) is 10.7. The van der Waals surface area contributed by atoms with Crippen LogP contribution in [-0.2, 0) is 19.3 Å². The molecule has 0 radical (unpaired) electrons. The van der Waals surface area contributed by atoms with Crippen LogP contribution in [0.4, 0.5) is 0 Å². The van der Waals surface area contributed by atoms with Gasteiger partial charge in [0.05, 0.1) is 0 Å². The molecule has 0 fully saturated rings. The minimum atomic E-state index is 0.540. The molecule has 1 rings (SSSR count). The Kier molecular flexibility index (Phi) is 17.7. The minimum absolute atomic E-state index is 0.540. The summed E-state index contributed by atoms with van der Waals surface area (Å²) in [6.07, 6.45) is 27.7. The van der Waals surface area contributed by atoms with Crippen LogP contribution in [0.1, 0.15) is 159 Å². The molecule has 0 heterocycles. The van der Waals surface area contributed by atoms with Crippen LogP contribution >= 0.6 is 0 Å². The largest absolute Gasteiger partial charge is 0.508 e. The van der Waals surface area contributed by atoms with Crippen molar-refractivity contribution in [1.82, 2.24) is 0 Å². The first-order chi connectivity index (χ1) is 15.7. The summed E-state index contributed by atoms with van der Waals surface area (Å²) < 4.78 is 0. The van der Waals surface area contributed by atoms with E-state index in [1.807, 2.05) is 0 Å². The Morgan fingerprint density at radius 1 is 0.500 bits per heavy atom. The fourth-order valence-electron chi connectivity index (χ4n) is 5.07. The summed E-state index contributed by atoms with van der Waals surface area (Å²) in [6.45, 7) is 9.02. The van der Waals surface area contributed by atoms with Gasteiger partial charge in [0.25, 0.3) is 0 Å². The van der Waals surface area contributed by atoms with Gasteiger partial charge >= 0.3 is 0 Å². The van der Waals surface area contributed by atoms with Crippen LogP contribution in [0.2, 0.25) is 0 Å². The van der Waals surface area contributed by atoms with Crippen molar-refractivity contribution in [3.8, 4) is 5.75 Å². The van der Waals surface area contributed by atoms with Crippen molar-refractivity contribution in [3.63, 3.8) is 0 Å². The van der Waals surface area contributed by atoms with Gasteiger partial charge in [0.1, 0.15) is 5.75 Å². The van der Waals surface area contributed by atoms with E-state index >= 15 is 0 Å². The maximum absolute atomic E-state index is 10.7. The summed E-state index contributed by atoms with van der Waals surface area (Å²) >= 11 is 0. The Bertz CT molecular complexity index is 574. The molecule has 0 aliphatic heterocycles. The fourth-order valence-corrected chi connectivity index (χ4v) is 5.07. The van der Waals surface area contributed by atoms with Gasteiger partial charge in [0.15, 0.2) is 0 Å². The van der Waals surface area contributed by atoms with Gasteiger partial charge in [-0.25, -0.2) is 0 Å². The Balaban J connectivity index is 2.78. The van der Waals surface area contributed by atoms with E-state index in [1.165, 1.54) is 133 Å². The van der Waals surface area contributed by atoms with Gasteiger partial charge < -0.3 is 5.11 Å². The average Bonchev–Trinajstić information content (AvgIpc) is 2.79. The van der Waals surface area contributed by atoms with E-state index in [4.69, 9.17) is 0 Å². The van der Waals surface area contributed by atoms with Crippen LogP contribution in [0.3, 0.4) is 0 Å². The molecule has 0 amide bonds. The lowest BCUT2D eigenvalue weighted by Gasteiger charge is -2.19. The predicted molar refractivity (Wildman–Crippen MR) is 144 cm³/mol. The number of benzene rings is 1. The second kappa shape index (κ2) is 19.5. The summed E-state index contributed by atoms with van der Waals surface area (Å²) in [5.41, 5.74) is 5.72. The lowest BCUT2D eigenvalue weighted by molar-refractivity contribution is 0.467. The van der Waals surface area contributed by atoms with E-state index in [2.05, 4.69) is 33.8 Å². The number of unbranched alkanes of at least 4 members (excludes halogenated alkanes) is 15. The van der Waals surface area contributed by atoms with Crippen molar-refractivity contribution < 1.29 is 5.11 Å². The number of rotatable bonds is 21. The third-order valence-corrected chi connectivity index (χ3v) is 7.26. The number of phenolic OH excluding ortho intramolecular Hbond substituents is 1. The van der Waals surface area contributed by atoms with Crippen molar-refractivity contribution in [1.29, 1.82) is 0 Å². The van der Waals surface area contributed by atoms with Crippen molar-refractivity contribution in [2.24, 2.45) is 0 Å². The zero-order valence-electron chi connectivity index (χ0n) is 22.4. The van der Waals surface area contributed by atoms with E-state index < -0.39 is 0 Å². The van der Waals surface area contributed by atoms with Crippen LogP contribution in [0.5, 0.6) is 5.75 Å². The molecule has 0 spiro atoms. The van der Waals surface area contributed by atoms with Crippen molar-refractivity contribution in [3.05, 3.63) is 28.3 Å². The lowest BCUT2D eigenvalue weighted by atomic mass is 9.87. The monoisotopic (exact) mass is 444 g/mol. The van der Waals surface area contributed by atoms with Gasteiger partial charge in [0.2, 0.25) is 0 Å². The average molecular weight is 445 g/mol. The molecule has 1 nitrogen and oxygen atoms in total. The molecular formula is C31H56O. The molecule has 186 valence electrons. The minimum Gasteiger partial charge on any atom is -0.508 e. The molecule has 0 bridgehead atoms. The van der Waals surface area contributed by atoms with E-state index in [0.29, 0.717) is 5.75 Å². The number of phenols is 1. The maximum atomic E-state index is 10.7. The number of aromatic hydroxyl groups is 1. The second-order valence-corrected chi connectivity index (χ2v) is 10.2. The molecule has 1 aromatic carbocycles. The van der Waals surface area contributed by atoms with Crippen molar-refractivity contribution in [2.75, 3.05) is 0 Å². The molecule has 1 heteroatoms. The first-order valence-corrected chi connectivity index (χ1v) is 14.5. The SMILES string of the molecule is CCCCCCCCc1cc(O)c(C)c(CCCCCCCC)c1CCCCCCCC. The van der Waals surface area contributed by atoms with Gasteiger partial charge in [-0.05, 0) is 73.8 Å². The van der Waals surface area contributed by atoms with Gasteiger partial charge in [0, 0.05) is 0 Å². The van der Waals surface area contributed by atoms with Gasteiger partial charge in [-0.1, -0.05) is 117 Å². The summed E-state index contributed by atoms with van der Waals surface area (Å²) in [6, 6.07) is 2.12. The number of hydrogen-bond acceptors (Lipinski definition) is 1. The predicted octanol–water partition coefficient (Wildman–Crippen LogP) is 10.4. The van der Waals surface area contributed by atoms with Crippen LogP contribution in [-0.4, -0.2) is 5.11 Å². The first-order valence-electron chi connectivity index (χ1n) is 14.5. The van der Waals surface area contributed by atoms with E-state index in [1.54, 1.807) is 5.56 Å². The Morgan fingerprint density at radius 3 is 1.34 bits per heavy atom. The molecule has 1 aromatic rings. The second-order valence-electron chi connectivity index (χ2n) is 10.2. The molecule has 32 heavy (non-hydrogen) atoms. The van der Waals surface area contributed by atoms with E-state index in [-0.39, 0.29) is 0 Å². The molecule has 0 aromatic heterocycles. The lowest BCUT2D eigenvalue weighted by Crippen LogP contribution is -2.05. The normalized spacial score (nSPS) is 11.4. The summed E-state index contributed by atoms with van der Waals surface area (Å²) in [7, 11) is 0. The molecule has 0 aliphatic carbocycles. The van der Waals surface area contributed by atoms with Gasteiger partial charge in [-0.3, -0.25) is 0 Å². The topological polar surface area (TPSA) is 20.2 Å². The zero-order valence-corrected chi connectivity index (χ0v) is 22.4. The van der Waals surface area contributed by atoms with E-state index in [0.717, 1.165) is 18.4 Å². The highest BCUT2D eigenvalue weighted by atomic mass is 16.3. The van der Waals surface area contributed by atoms with Gasteiger partial charge in [-0.15, -0.1) is 0 Å². The Labute approximate surface area is 201 Å². The zero-order chi connectivity index (χ0) is 23.4. The molecule has 1 N–H and O–H groups in total. The smallest absolute Gasteiger partial charge is 0.119 e. The molecule has 0 unspecified atom stereocenters. The third-order valence-electron chi connectivity index (χ3n) is 7.26. The molecule has 0 saturated carbocycles.